The third-order valence-corrected chi connectivity index (χ3v) is 3.46. The largest absolute Gasteiger partial charge is 0.396 e. The van der Waals surface area contributed by atoms with Crippen LogP contribution in [0.2, 0.25) is 0 Å². The molecule has 0 aromatic rings. The van der Waals surface area contributed by atoms with E-state index in [2.05, 4.69) is 4.90 Å². The first-order chi connectivity index (χ1) is 5.92. The highest BCUT2D eigenvalue weighted by Gasteiger charge is 2.32. The van der Waals surface area contributed by atoms with Gasteiger partial charge in [0.25, 0.3) is 0 Å². The summed E-state index contributed by atoms with van der Waals surface area (Å²) in [5, 5.41) is 9.24. The number of nitrogens with zero attached hydrogens (tertiary/aromatic N) is 1. The van der Waals surface area contributed by atoms with Gasteiger partial charge in [0.05, 0.1) is 0 Å². The van der Waals surface area contributed by atoms with Crippen molar-refractivity contribution in [3.05, 3.63) is 0 Å². The maximum Gasteiger partial charge on any atom is 0.0474 e. The summed E-state index contributed by atoms with van der Waals surface area (Å²) in [5.74, 6) is 0.579. The first-order valence-corrected chi connectivity index (χ1v) is 5.26. The topological polar surface area (TPSA) is 23.5 Å². The highest BCUT2D eigenvalue weighted by atomic mass is 16.3. The monoisotopic (exact) mass is 169 g/mol. The molecule has 2 saturated heterocycles. The number of hydrogen-bond donors (Lipinski definition) is 1. The van der Waals surface area contributed by atoms with Crippen LogP contribution in [0.5, 0.6) is 0 Å². The van der Waals surface area contributed by atoms with Crippen LogP contribution >= 0.6 is 0 Å². The zero-order valence-corrected chi connectivity index (χ0v) is 7.71. The lowest BCUT2D eigenvalue weighted by Gasteiger charge is -2.27. The SMILES string of the molecule is OCC1CCCCN2CCCC12. The van der Waals surface area contributed by atoms with Crippen LogP contribution in [0.3, 0.4) is 0 Å². The molecule has 0 amide bonds. The van der Waals surface area contributed by atoms with Crippen molar-refractivity contribution < 1.29 is 5.11 Å². The summed E-state index contributed by atoms with van der Waals surface area (Å²) >= 11 is 0. The Morgan fingerprint density at radius 2 is 1.92 bits per heavy atom. The van der Waals surface area contributed by atoms with Crippen molar-refractivity contribution in [3.8, 4) is 0 Å². The maximum absolute atomic E-state index is 9.24. The number of hydrogen-bond acceptors (Lipinski definition) is 2. The molecule has 2 heterocycles. The first-order valence-electron chi connectivity index (χ1n) is 5.26. The van der Waals surface area contributed by atoms with Gasteiger partial charge >= 0.3 is 0 Å². The zero-order chi connectivity index (χ0) is 8.39. The van der Waals surface area contributed by atoms with Crippen molar-refractivity contribution in [1.29, 1.82) is 0 Å². The Morgan fingerprint density at radius 1 is 1.08 bits per heavy atom. The second-order valence-electron chi connectivity index (χ2n) is 4.18. The van der Waals surface area contributed by atoms with Crippen LogP contribution in [-0.2, 0) is 0 Å². The molecule has 2 unspecified atom stereocenters. The molecule has 2 rings (SSSR count). The lowest BCUT2D eigenvalue weighted by Crippen LogP contribution is -2.35. The number of aliphatic hydroxyl groups excluding tert-OH is 1. The minimum absolute atomic E-state index is 0.404. The average molecular weight is 169 g/mol. The number of fused-ring (bicyclic) bond motifs is 1. The molecule has 0 aliphatic carbocycles. The number of rotatable bonds is 1. The summed E-state index contributed by atoms with van der Waals surface area (Å²) in [7, 11) is 0. The van der Waals surface area contributed by atoms with E-state index in [4.69, 9.17) is 0 Å². The molecule has 0 radical (unpaired) electrons. The van der Waals surface area contributed by atoms with Crippen molar-refractivity contribution in [2.45, 2.75) is 38.1 Å². The molecular weight excluding hydrogens is 150 g/mol. The fourth-order valence-corrected chi connectivity index (χ4v) is 2.79. The van der Waals surface area contributed by atoms with Gasteiger partial charge in [-0.25, -0.2) is 0 Å². The van der Waals surface area contributed by atoms with Crippen molar-refractivity contribution in [2.24, 2.45) is 5.92 Å². The molecule has 2 nitrogen and oxygen atoms in total. The van der Waals surface area contributed by atoms with Gasteiger partial charge in [0, 0.05) is 12.6 Å². The van der Waals surface area contributed by atoms with Crippen LogP contribution in [0.15, 0.2) is 0 Å². The first kappa shape index (κ1) is 8.52. The van der Waals surface area contributed by atoms with Gasteiger partial charge in [-0.15, -0.1) is 0 Å². The van der Waals surface area contributed by atoms with Crippen LogP contribution in [0.25, 0.3) is 0 Å². The molecular formula is C10H19NO. The molecule has 0 aromatic heterocycles. The fraction of sp³-hybridized carbons (Fsp3) is 1.00. The molecule has 1 N–H and O–H groups in total. The van der Waals surface area contributed by atoms with Gasteiger partial charge in [0.2, 0.25) is 0 Å². The van der Waals surface area contributed by atoms with Gasteiger partial charge in [0.1, 0.15) is 0 Å². The molecule has 2 fully saturated rings. The van der Waals surface area contributed by atoms with Gasteiger partial charge in [-0.2, -0.15) is 0 Å². The molecule has 0 bridgehead atoms. The van der Waals surface area contributed by atoms with E-state index in [0.29, 0.717) is 12.5 Å². The minimum atomic E-state index is 0.404. The molecule has 0 aromatic carbocycles. The van der Waals surface area contributed by atoms with Crippen molar-refractivity contribution in [1.82, 2.24) is 4.90 Å². The molecule has 70 valence electrons. The lowest BCUT2D eigenvalue weighted by molar-refractivity contribution is 0.137. The lowest BCUT2D eigenvalue weighted by atomic mass is 9.95. The van der Waals surface area contributed by atoms with Gasteiger partial charge in [-0.3, -0.25) is 0 Å². The van der Waals surface area contributed by atoms with Gasteiger partial charge < -0.3 is 10.0 Å². The van der Waals surface area contributed by atoms with Crippen LogP contribution in [0, 0.1) is 5.92 Å². The summed E-state index contributed by atoms with van der Waals surface area (Å²) in [5.41, 5.74) is 0. The fourth-order valence-electron chi connectivity index (χ4n) is 2.79. The molecule has 0 saturated carbocycles. The molecule has 12 heavy (non-hydrogen) atoms. The molecule has 2 aliphatic heterocycles. The summed E-state index contributed by atoms with van der Waals surface area (Å²) in [6, 6.07) is 0.720. The number of aliphatic hydroxyl groups is 1. The Bertz CT molecular complexity index is 149. The predicted octanol–water partition coefficient (Wildman–Crippen LogP) is 1.24. The average Bonchev–Trinajstić information content (AvgIpc) is 2.46. The molecule has 2 aliphatic rings. The van der Waals surface area contributed by atoms with Crippen LogP contribution < -0.4 is 0 Å². The Labute approximate surface area is 74.6 Å². The van der Waals surface area contributed by atoms with E-state index in [1.165, 1.54) is 45.2 Å². The second kappa shape index (κ2) is 3.75. The zero-order valence-electron chi connectivity index (χ0n) is 7.71. The summed E-state index contributed by atoms with van der Waals surface area (Å²) in [4.78, 5) is 2.59. The van der Waals surface area contributed by atoms with Gasteiger partial charge in [0.15, 0.2) is 0 Å². The van der Waals surface area contributed by atoms with Crippen molar-refractivity contribution in [3.63, 3.8) is 0 Å². The van der Waals surface area contributed by atoms with E-state index in [1.807, 2.05) is 0 Å². The van der Waals surface area contributed by atoms with Gasteiger partial charge in [-0.05, 0) is 44.7 Å². The minimum Gasteiger partial charge on any atom is -0.396 e. The third-order valence-electron chi connectivity index (χ3n) is 3.46. The molecule has 0 spiro atoms. The highest BCUT2D eigenvalue weighted by molar-refractivity contribution is 4.86. The van der Waals surface area contributed by atoms with E-state index >= 15 is 0 Å². The van der Waals surface area contributed by atoms with E-state index in [9.17, 15) is 5.11 Å². The van der Waals surface area contributed by atoms with Crippen LogP contribution in [0.4, 0.5) is 0 Å². The highest BCUT2D eigenvalue weighted by Crippen LogP contribution is 2.30. The summed E-state index contributed by atoms with van der Waals surface area (Å²) < 4.78 is 0. The summed E-state index contributed by atoms with van der Waals surface area (Å²) in [6.45, 7) is 2.96. The second-order valence-corrected chi connectivity index (χ2v) is 4.18. The standard InChI is InChI=1S/C10H19NO/c12-8-9-4-1-2-6-11-7-3-5-10(9)11/h9-10,12H,1-8H2. The predicted molar refractivity (Wildman–Crippen MR) is 49.0 cm³/mol. The van der Waals surface area contributed by atoms with Crippen molar-refractivity contribution >= 4 is 0 Å². The van der Waals surface area contributed by atoms with Crippen LogP contribution in [-0.4, -0.2) is 35.7 Å². The third kappa shape index (κ3) is 1.50. The van der Waals surface area contributed by atoms with Crippen LogP contribution in [0.1, 0.15) is 32.1 Å². The van der Waals surface area contributed by atoms with E-state index < -0.39 is 0 Å². The summed E-state index contributed by atoms with van der Waals surface area (Å²) in [6.07, 6.45) is 6.58. The Balaban J connectivity index is 2.02. The Morgan fingerprint density at radius 3 is 2.75 bits per heavy atom. The Kier molecular flexibility index (Phi) is 2.66. The maximum atomic E-state index is 9.24. The normalized spacial score (nSPS) is 37.8. The van der Waals surface area contributed by atoms with E-state index in [-0.39, 0.29) is 0 Å². The van der Waals surface area contributed by atoms with E-state index in [1.54, 1.807) is 0 Å². The van der Waals surface area contributed by atoms with Crippen molar-refractivity contribution in [2.75, 3.05) is 19.7 Å². The molecule has 2 heteroatoms. The van der Waals surface area contributed by atoms with Gasteiger partial charge in [-0.1, -0.05) is 6.42 Å². The van der Waals surface area contributed by atoms with E-state index in [0.717, 1.165) is 6.04 Å². The quantitative estimate of drug-likeness (QED) is 0.638. The molecule has 2 atom stereocenters. The Hall–Kier alpha value is -0.0800. The smallest absolute Gasteiger partial charge is 0.0474 e.